The number of amides is 2. The van der Waals surface area contributed by atoms with Crippen molar-refractivity contribution in [2.45, 2.75) is 19.0 Å². The Morgan fingerprint density at radius 3 is 2.67 bits per heavy atom. The summed E-state index contributed by atoms with van der Waals surface area (Å²) in [6.07, 6.45) is 0.990. The molecule has 0 aliphatic carbocycles. The number of fused-ring (bicyclic) bond motifs is 1. The first kappa shape index (κ1) is 19.5. The van der Waals surface area contributed by atoms with Gasteiger partial charge in [-0.25, -0.2) is 0 Å². The van der Waals surface area contributed by atoms with Crippen LogP contribution in [0.25, 0.3) is 0 Å². The quantitative estimate of drug-likeness (QED) is 0.561. The minimum absolute atomic E-state index is 0.0501. The zero-order valence-corrected chi connectivity index (χ0v) is 16.3. The van der Waals surface area contributed by atoms with Gasteiger partial charge in [0.15, 0.2) is 0 Å². The van der Waals surface area contributed by atoms with E-state index >= 15 is 0 Å². The molecular weight excluding hydrogens is 362 g/mol. The highest BCUT2D eigenvalue weighted by Gasteiger charge is 2.26. The predicted octanol–water partition coefficient (Wildman–Crippen LogP) is 1.73. The number of methoxy groups -OCH3 is 1. The first-order valence-electron chi connectivity index (χ1n) is 9.08. The number of rotatable bonds is 7. The summed E-state index contributed by atoms with van der Waals surface area (Å²) in [5.41, 5.74) is 2.72. The topological polar surface area (TPSA) is 70.7 Å². The van der Waals surface area contributed by atoms with Gasteiger partial charge in [0.25, 0.3) is 0 Å². The average molecular weight is 388 g/mol. The molecule has 0 bridgehead atoms. The molecule has 1 aliphatic heterocycles. The van der Waals surface area contributed by atoms with E-state index in [9.17, 15) is 9.59 Å². The maximum Gasteiger partial charge on any atom is 0.309 e. The Morgan fingerprint density at radius 1 is 1.15 bits per heavy atom. The van der Waals surface area contributed by atoms with Crippen molar-refractivity contribution in [2.24, 2.45) is 0 Å². The van der Waals surface area contributed by atoms with Gasteiger partial charge in [-0.15, -0.1) is 11.3 Å². The molecule has 2 heterocycles. The van der Waals surface area contributed by atoms with Gasteiger partial charge >= 0.3 is 11.8 Å². The number of thiophene rings is 1. The summed E-state index contributed by atoms with van der Waals surface area (Å²) in [5.74, 6) is -1.23. The second kappa shape index (κ2) is 9.64. The molecule has 1 aromatic heterocycles. The van der Waals surface area contributed by atoms with Gasteiger partial charge in [0.1, 0.15) is 0 Å². The summed E-state index contributed by atoms with van der Waals surface area (Å²) in [7, 11) is 1.55. The van der Waals surface area contributed by atoms with Gasteiger partial charge in [-0.05, 0) is 29.0 Å². The van der Waals surface area contributed by atoms with E-state index in [-0.39, 0.29) is 6.04 Å². The zero-order valence-electron chi connectivity index (χ0n) is 15.4. The fourth-order valence-corrected chi connectivity index (χ4v) is 4.15. The lowest BCUT2D eigenvalue weighted by Crippen LogP contribution is -2.45. The molecule has 0 fully saturated rings. The van der Waals surface area contributed by atoms with Crippen molar-refractivity contribution in [1.29, 1.82) is 0 Å². The fraction of sp³-hybridized carbons (Fsp3) is 0.400. The predicted molar refractivity (Wildman–Crippen MR) is 106 cm³/mol. The summed E-state index contributed by atoms with van der Waals surface area (Å²) in [6.45, 7) is 2.87. The SMILES string of the molecule is COCCNC(=O)C(=O)NC[C@@H](c1cccs1)N1CCc2ccccc2C1. The van der Waals surface area contributed by atoms with Crippen LogP contribution in [0, 0.1) is 0 Å². The number of hydrogen-bond donors (Lipinski definition) is 2. The highest BCUT2D eigenvalue weighted by molar-refractivity contribution is 7.10. The molecule has 1 aromatic carbocycles. The van der Waals surface area contributed by atoms with E-state index in [0.29, 0.717) is 19.7 Å². The van der Waals surface area contributed by atoms with Gasteiger partial charge in [-0.2, -0.15) is 0 Å². The van der Waals surface area contributed by atoms with Crippen LogP contribution in [0.5, 0.6) is 0 Å². The first-order valence-corrected chi connectivity index (χ1v) is 9.96. The number of carbonyl (C=O) groups excluding carboxylic acids is 2. The van der Waals surface area contributed by atoms with Crippen LogP contribution in [-0.2, 0) is 27.3 Å². The lowest BCUT2D eigenvalue weighted by molar-refractivity contribution is -0.139. The third kappa shape index (κ3) is 5.15. The maximum atomic E-state index is 12.1. The highest BCUT2D eigenvalue weighted by atomic mass is 32.1. The Kier molecular flexibility index (Phi) is 6.98. The lowest BCUT2D eigenvalue weighted by atomic mass is 9.98. The molecule has 1 aliphatic rings. The van der Waals surface area contributed by atoms with E-state index < -0.39 is 11.8 Å². The van der Waals surface area contributed by atoms with Gasteiger partial charge in [0.05, 0.1) is 12.6 Å². The number of carbonyl (C=O) groups is 2. The third-order valence-electron chi connectivity index (χ3n) is 4.73. The molecule has 0 saturated heterocycles. The normalized spacial score (nSPS) is 15.0. The monoisotopic (exact) mass is 387 g/mol. The Labute approximate surface area is 163 Å². The summed E-state index contributed by atoms with van der Waals surface area (Å²) in [4.78, 5) is 27.5. The summed E-state index contributed by atoms with van der Waals surface area (Å²) in [5, 5.41) is 7.38. The van der Waals surface area contributed by atoms with Crippen LogP contribution in [0.2, 0.25) is 0 Å². The molecule has 7 heteroatoms. The minimum atomic E-state index is -0.624. The molecule has 2 amide bonds. The molecule has 1 atom stereocenters. The molecule has 0 saturated carbocycles. The number of nitrogens with one attached hydrogen (secondary N) is 2. The molecule has 6 nitrogen and oxygen atoms in total. The minimum Gasteiger partial charge on any atom is -0.383 e. The van der Waals surface area contributed by atoms with Gasteiger partial charge in [0.2, 0.25) is 0 Å². The van der Waals surface area contributed by atoms with Gasteiger partial charge < -0.3 is 15.4 Å². The maximum absolute atomic E-state index is 12.1. The summed E-state index contributed by atoms with van der Waals surface area (Å²) in [6, 6.07) is 12.6. The molecule has 0 unspecified atom stereocenters. The Balaban J connectivity index is 1.63. The van der Waals surface area contributed by atoms with E-state index in [2.05, 4.69) is 45.9 Å². The molecular formula is C20H25N3O3S. The zero-order chi connectivity index (χ0) is 19.1. The van der Waals surface area contributed by atoms with Crippen molar-refractivity contribution in [1.82, 2.24) is 15.5 Å². The lowest BCUT2D eigenvalue weighted by Gasteiger charge is -2.35. The Morgan fingerprint density at radius 2 is 1.93 bits per heavy atom. The van der Waals surface area contributed by atoms with Crippen LogP contribution in [-0.4, -0.2) is 50.1 Å². The van der Waals surface area contributed by atoms with Crippen molar-refractivity contribution in [3.05, 3.63) is 57.8 Å². The van der Waals surface area contributed by atoms with E-state index in [1.807, 2.05) is 11.4 Å². The van der Waals surface area contributed by atoms with E-state index in [0.717, 1.165) is 19.5 Å². The fourth-order valence-electron chi connectivity index (χ4n) is 3.29. The van der Waals surface area contributed by atoms with Gasteiger partial charge in [-0.3, -0.25) is 14.5 Å². The van der Waals surface area contributed by atoms with E-state index in [1.54, 1.807) is 18.4 Å². The molecule has 27 heavy (non-hydrogen) atoms. The molecule has 2 aromatic rings. The van der Waals surface area contributed by atoms with Crippen molar-refractivity contribution < 1.29 is 14.3 Å². The van der Waals surface area contributed by atoms with Crippen molar-refractivity contribution in [3.63, 3.8) is 0 Å². The molecule has 3 rings (SSSR count). The number of benzene rings is 1. The van der Waals surface area contributed by atoms with Gasteiger partial charge in [0, 0.05) is 38.2 Å². The Bertz CT molecular complexity index is 764. The smallest absolute Gasteiger partial charge is 0.309 e. The van der Waals surface area contributed by atoms with E-state index in [1.165, 1.54) is 16.0 Å². The standard InChI is InChI=1S/C20H25N3O3S/c1-26-11-9-21-19(24)20(25)22-13-17(18-7-4-12-27-18)23-10-8-15-5-2-3-6-16(15)14-23/h2-7,12,17H,8-11,13-14H2,1H3,(H,21,24)(H,22,25)/t17-/m0/s1. The molecule has 144 valence electrons. The van der Waals surface area contributed by atoms with Crippen LogP contribution < -0.4 is 10.6 Å². The molecule has 0 radical (unpaired) electrons. The second-order valence-electron chi connectivity index (χ2n) is 6.48. The average Bonchev–Trinajstić information content (AvgIpc) is 3.22. The Hall–Kier alpha value is -2.22. The van der Waals surface area contributed by atoms with Crippen LogP contribution in [0.15, 0.2) is 41.8 Å². The van der Waals surface area contributed by atoms with E-state index in [4.69, 9.17) is 4.74 Å². The van der Waals surface area contributed by atoms with Crippen LogP contribution >= 0.6 is 11.3 Å². The second-order valence-corrected chi connectivity index (χ2v) is 7.46. The summed E-state index contributed by atoms with van der Waals surface area (Å²) < 4.78 is 4.88. The van der Waals surface area contributed by atoms with Crippen LogP contribution in [0.3, 0.4) is 0 Å². The number of hydrogen-bond acceptors (Lipinski definition) is 5. The summed E-state index contributed by atoms with van der Waals surface area (Å²) >= 11 is 1.67. The molecule has 0 spiro atoms. The first-order chi connectivity index (χ1) is 13.2. The third-order valence-corrected chi connectivity index (χ3v) is 5.70. The number of nitrogens with zero attached hydrogens (tertiary/aromatic N) is 1. The van der Waals surface area contributed by atoms with Crippen LogP contribution in [0.4, 0.5) is 0 Å². The number of ether oxygens (including phenoxy) is 1. The van der Waals surface area contributed by atoms with Crippen molar-refractivity contribution in [3.8, 4) is 0 Å². The highest BCUT2D eigenvalue weighted by Crippen LogP contribution is 2.29. The largest absolute Gasteiger partial charge is 0.383 e. The van der Waals surface area contributed by atoms with Crippen molar-refractivity contribution >= 4 is 23.2 Å². The van der Waals surface area contributed by atoms with Crippen molar-refractivity contribution in [2.75, 3.05) is 33.4 Å². The van der Waals surface area contributed by atoms with Gasteiger partial charge in [-0.1, -0.05) is 30.3 Å². The van der Waals surface area contributed by atoms with Crippen LogP contribution in [0.1, 0.15) is 22.0 Å². The molecule has 2 N–H and O–H groups in total.